The van der Waals surface area contributed by atoms with Crippen LogP contribution < -0.4 is 10.6 Å². The standard InChI is InChI=1S/C22H23ClFN5O/c1-3-11-29-14-17(15(2)28-29)13-25-22(26-20-9-7-19(24)8-10-20)27-21(30)16-5-4-6-18(23)12-16/h4-10,12,14H,3,11,13H2,1-2H3,(H2,25,26,27,30). The highest BCUT2D eigenvalue weighted by atomic mass is 35.5. The molecule has 0 aliphatic heterocycles. The number of nitrogens with one attached hydrogen (secondary N) is 2. The molecule has 3 rings (SSSR count). The molecule has 0 saturated heterocycles. The van der Waals surface area contributed by atoms with Gasteiger partial charge >= 0.3 is 0 Å². The molecule has 8 heteroatoms. The summed E-state index contributed by atoms with van der Waals surface area (Å²) in [5.74, 6) is -0.459. The molecule has 1 heterocycles. The number of anilines is 1. The molecule has 1 aromatic heterocycles. The van der Waals surface area contributed by atoms with Gasteiger partial charge in [-0.2, -0.15) is 5.10 Å². The summed E-state index contributed by atoms with van der Waals surface area (Å²) in [5, 5.41) is 10.7. The number of amides is 1. The lowest BCUT2D eigenvalue weighted by molar-refractivity contribution is 0.0977. The number of nitrogens with zero attached hydrogens (tertiary/aromatic N) is 3. The summed E-state index contributed by atoms with van der Waals surface area (Å²) in [6.45, 7) is 5.17. The van der Waals surface area contributed by atoms with Crippen molar-refractivity contribution in [2.24, 2.45) is 4.99 Å². The number of aromatic nitrogens is 2. The maximum atomic E-state index is 13.2. The lowest BCUT2D eigenvalue weighted by Crippen LogP contribution is -2.36. The van der Waals surface area contributed by atoms with E-state index in [4.69, 9.17) is 11.6 Å². The van der Waals surface area contributed by atoms with Crippen LogP contribution in [0.25, 0.3) is 0 Å². The van der Waals surface area contributed by atoms with Gasteiger partial charge in [-0.3, -0.25) is 14.8 Å². The number of guanidine groups is 1. The van der Waals surface area contributed by atoms with Crippen molar-refractivity contribution in [2.75, 3.05) is 5.32 Å². The lowest BCUT2D eigenvalue weighted by atomic mass is 10.2. The fourth-order valence-corrected chi connectivity index (χ4v) is 3.00. The predicted molar refractivity (Wildman–Crippen MR) is 117 cm³/mol. The lowest BCUT2D eigenvalue weighted by Gasteiger charge is -2.12. The minimum absolute atomic E-state index is 0.245. The topological polar surface area (TPSA) is 71.3 Å². The van der Waals surface area contributed by atoms with Gasteiger partial charge in [-0.25, -0.2) is 9.38 Å². The minimum Gasteiger partial charge on any atom is -0.326 e. The van der Waals surface area contributed by atoms with E-state index in [0.717, 1.165) is 24.2 Å². The van der Waals surface area contributed by atoms with Gasteiger partial charge in [-0.15, -0.1) is 0 Å². The largest absolute Gasteiger partial charge is 0.326 e. The third-order valence-corrected chi connectivity index (χ3v) is 4.57. The zero-order valence-corrected chi connectivity index (χ0v) is 17.6. The van der Waals surface area contributed by atoms with Crippen LogP contribution in [-0.4, -0.2) is 21.6 Å². The Morgan fingerprint density at radius 1 is 1.23 bits per heavy atom. The van der Waals surface area contributed by atoms with Gasteiger partial charge in [0.1, 0.15) is 5.82 Å². The Balaban J connectivity index is 1.81. The number of hydrogen-bond acceptors (Lipinski definition) is 3. The van der Waals surface area contributed by atoms with E-state index < -0.39 is 0 Å². The number of rotatable bonds is 6. The van der Waals surface area contributed by atoms with Crippen LogP contribution >= 0.6 is 11.6 Å². The van der Waals surface area contributed by atoms with Crippen LogP contribution in [0.4, 0.5) is 10.1 Å². The molecular formula is C22H23ClFN5O. The maximum absolute atomic E-state index is 13.2. The molecule has 0 aliphatic rings. The van der Waals surface area contributed by atoms with Gasteiger partial charge in [0.25, 0.3) is 5.91 Å². The van der Waals surface area contributed by atoms with Crippen LogP contribution in [0.2, 0.25) is 5.02 Å². The summed E-state index contributed by atoms with van der Waals surface area (Å²) in [6.07, 6.45) is 2.94. The third-order valence-electron chi connectivity index (χ3n) is 4.33. The molecule has 0 aliphatic carbocycles. The fraction of sp³-hybridized carbons (Fsp3) is 0.227. The first kappa shape index (κ1) is 21.5. The Labute approximate surface area is 179 Å². The van der Waals surface area contributed by atoms with Crippen molar-refractivity contribution in [1.82, 2.24) is 15.1 Å². The highest BCUT2D eigenvalue weighted by Crippen LogP contribution is 2.12. The fourth-order valence-electron chi connectivity index (χ4n) is 2.81. The van der Waals surface area contributed by atoms with E-state index >= 15 is 0 Å². The van der Waals surface area contributed by atoms with Gasteiger partial charge in [-0.05, 0) is 55.8 Å². The van der Waals surface area contributed by atoms with Crippen LogP contribution in [0.3, 0.4) is 0 Å². The van der Waals surface area contributed by atoms with Crippen LogP contribution in [0.15, 0.2) is 59.7 Å². The van der Waals surface area contributed by atoms with E-state index in [0.29, 0.717) is 22.8 Å². The summed E-state index contributed by atoms with van der Waals surface area (Å²) < 4.78 is 15.1. The number of halogens is 2. The van der Waals surface area contributed by atoms with Crippen molar-refractivity contribution in [3.05, 3.63) is 82.4 Å². The normalized spacial score (nSPS) is 11.4. The summed E-state index contributed by atoms with van der Waals surface area (Å²) in [6, 6.07) is 12.4. The molecule has 3 aromatic rings. The second kappa shape index (κ2) is 10.0. The average Bonchev–Trinajstić information content (AvgIpc) is 3.07. The molecular weight excluding hydrogens is 405 g/mol. The van der Waals surface area contributed by atoms with Crippen molar-refractivity contribution in [3.8, 4) is 0 Å². The van der Waals surface area contributed by atoms with Gasteiger partial charge in [0.15, 0.2) is 0 Å². The summed E-state index contributed by atoms with van der Waals surface area (Å²) in [7, 11) is 0. The zero-order chi connectivity index (χ0) is 21.5. The number of carbonyl (C=O) groups excluding carboxylic acids is 1. The monoisotopic (exact) mass is 427 g/mol. The zero-order valence-electron chi connectivity index (χ0n) is 16.8. The average molecular weight is 428 g/mol. The van der Waals surface area contributed by atoms with Crippen molar-refractivity contribution >= 4 is 29.2 Å². The molecule has 0 saturated carbocycles. The van der Waals surface area contributed by atoms with Crippen molar-refractivity contribution in [3.63, 3.8) is 0 Å². The van der Waals surface area contributed by atoms with Gasteiger partial charge in [0, 0.05) is 34.6 Å². The van der Waals surface area contributed by atoms with E-state index in [2.05, 4.69) is 27.6 Å². The number of carbonyl (C=O) groups is 1. The summed E-state index contributed by atoms with van der Waals surface area (Å²) in [4.78, 5) is 17.2. The Bertz CT molecular complexity index is 1050. The number of benzene rings is 2. The molecule has 156 valence electrons. The second-order valence-corrected chi connectivity index (χ2v) is 7.20. The first-order valence-electron chi connectivity index (χ1n) is 9.61. The molecule has 2 aromatic carbocycles. The number of aryl methyl sites for hydroxylation is 2. The first-order chi connectivity index (χ1) is 14.4. The Kier molecular flexibility index (Phi) is 7.19. The Hall–Kier alpha value is -3.19. The predicted octanol–water partition coefficient (Wildman–Crippen LogP) is 4.79. The van der Waals surface area contributed by atoms with Gasteiger partial charge in [0.2, 0.25) is 5.96 Å². The second-order valence-electron chi connectivity index (χ2n) is 6.76. The molecule has 2 N–H and O–H groups in total. The van der Waals surface area contributed by atoms with E-state index in [-0.39, 0.29) is 17.7 Å². The van der Waals surface area contributed by atoms with Gasteiger partial charge in [0.05, 0.1) is 12.2 Å². The molecule has 0 unspecified atom stereocenters. The quantitative estimate of drug-likeness (QED) is 0.438. The first-order valence-corrected chi connectivity index (χ1v) is 9.99. The summed E-state index contributed by atoms with van der Waals surface area (Å²) >= 11 is 5.99. The number of aliphatic imine (C=N–C) groups is 1. The summed E-state index contributed by atoms with van der Waals surface area (Å²) in [5.41, 5.74) is 2.84. The van der Waals surface area contributed by atoms with E-state index in [9.17, 15) is 9.18 Å². The molecule has 6 nitrogen and oxygen atoms in total. The Morgan fingerprint density at radius 3 is 2.70 bits per heavy atom. The molecule has 0 bridgehead atoms. The van der Waals surface area contributed by atoms with Crippen molar-refractivity contribution in [2.45, 2.75) is 33.4 Å². The van der Waals surface area contributed by atoms with E-state index in [1.165, 1.54) is 12.1 Å². The van der Waals surface area contributed by atoms with Crippen LogP contribution in [0.5, 0.6) is 0 Å². The molecule has 0 spiro atoms. The SMILES string of the molecule is CCCn1cc(CN=C(NC(=O)c2cccc(Cl)c2)Nc2ccc(F)cc2)c(C)n1. The number of hydrogen-bond donors (Lipinski definition) is 2. The van der Waals surface area contributed by atoms with Crippen LogP contribution in [-0.2, 0) is 13.1 Å². The van der Waals surface area contributed by atoms with Gasteiger partial charge in [-0.1, -0.05) is 24.6 Å². The van der Waals surface area contributed by atoms with Crippen LogP contribution in [0, 0.1) is 12.7 Å². The smallest absolute Gasteiger partial charge is 0.258 e. The molecule has 0 atom stereocenters. The minimum atomic E-state index is -0.357. The van der Waals surface area contributed by atoms with Crippen molar-refractivity contribution in [1.29, 1.82) is 0 Å². The maximum Gasteiger partial charge on any atom is 0.258 e. The molecule has 0 fully saturated rings. The van der Waals surface area contributed by atoms with Crippen molar-refractivity contribution < 1.29 is 9.18 Å². The molecule has 30 heavy (non-hydrogen) atoms. The highest BCUT2D eigenvalue weighted by Gasteiger charge is 2.11. The van der Waals surface area contributed by atoms with E-state index in [1.54, 1.807) is 36.4 Å². The molecule has 1 amide bonds. The molecule has 0 radical (unpaired) electrons. The highest BCUT2D eigenvalue weighted by molar-refractivity contribution is 6.31. The van der Waals surface area contributed by atoms with Crippen LogP contribution in [0.1, 0.15) is 35.0 Å². The van der Waals surface area contributed by atoms with E-state index in [1.807, 2.05) is 17.8 Å². The van der Waals surface area contributed by atoms with Gasteiger partial charge < -0.3 is 5.32 Å². The Morgan fingerprint density at radius 2 is 2.00 bits per heavy atom. The third kappa shape index (κ3) is 5.90.